The third-order valence-electron chi connectivity index (χ3n) is 4.93. The Balaban J connectivity index is 3.70. The molecule has 0 amide bonds. The predicted octanol–water partition coefficient (Wildman–Crippen LogP) is 6.91. The van der Waals surface area contributed by atoms with Gasteiger partial charge in [-0.1, -0.05) is 110 Å². The first-order valence-electron chi connectivity index (χ1n) is 10.5. The molecule has 0 heterocycles. The van der Waals surface area contributed by atoms with Crippen LogP contribution in [-0.4, -0.2) is 18.2 Å². The van der Waals surface area contributed by atoms with Gasteiger partial charge < -0.3 is 0 Å². The predicted molar refractivity (Wildman–Crippen MR) is 105 cm³/mol. The van der Waals surface area contributed by atoms with Gasteiger partial charge in [0.25, 0.3) is 10.1 Å². The molecule has 146 valence electrons. The topological polar surface area (TPSA) is 54.4 Å². The normalized spacial score (nSPS) is 13.3. The average Bonchev–Trinajstić information content (AvgIpc) is 2.53. The average molecular weight is 363 g/mol. The van der Waals surface area contributed by atoms with Crippen molar-refractivity contribution < 1.29 is 13.0 Å². The third kappa shape index (κ3) is 15.4. The zero-order valence-electron chi connectivity index (χ0n) is 16.3. The van der Waals surface area contributed by atoms with Crippen LogP contribution in [-0.2, 0) is 10.1 Å². The fourth-order valence-electron chi connectivity index (χ4n) is 3.28. The van der Waals surface area contributed by atoms with Gasteiger partial charge in [-0.2, -0.15) is 8.42 Å². The van der Waals surface area contributed by atoms with Crippen LogP contribution < -0.4 is 0 Å². The monoisotopic (exact) mass is 362 g/mol. The van der Waals surface area contributed by atoms with E-state index in [0.29, 0.717) is 12.8 Å². The van der Waals surface area contributed by atoms with Gasteiger partial charge in [0.2, 0.25) is 0 Å². The van der Waals surface area contributed by atoms with Crippen molar-refractivity contribution in [2.75, 3.05) is 0 Å². The smallest absolute Gasteiger partial charge is 0.267 e. The summed E-state index contributed by atoms with van der Waals surface area (Å²) in [6.07, 6.45) is 19.3. The minimum Gasteiger partial charge on any atom is -0.285 e. The maximum atomic E-state index is 11.5. The van der Waals surface area contributed by atoms with E-state index in [9.17, 15) is 13.0 Å². The molecule has 0 aromatic heterocycles. The zero-order chi connectivity index (χ0) is 18.1. The fourth-order valence-corrected chi connectivity index (χ4v) is 4.21. The van der Waals surface area contributed by atoms with Gasteiger partial charge in [-0.25, -0.2) is 0 Å². The lowest BCUT2D eigenvalue weighted by Gasteiger charge is -2.13. The van der Waals surface area contributed by atoms with Crippen LogP contribution in [0.15, 0.2) is 0 Å². The zero-order valence-corrected chi connectivity index (χ0v) is 17.1. The summed E-state index contributed by atoms with van der Waals surface area (Å²) >= 11 is 0. The minimum absolute atomic E-state index is 0.534. The van der Waals surface area contributed by atoms with Gasteiger partial charge in [-0.3, -0.25) is 4.55 Å². The molecular formula is C20H42O3S. The Labute approximate surface area is 151 Å². The van der Waals surface area contributed by atoms with Crippen LogP contribution in [0.5, 0.6) is 0 Å². The van der Waals surface area contributed by atoms with E-state index in [1.165, 1.54) is 70.6 Å². The quantitative estimate of drug-likeness (QED) is 0.213. The van der Waals surface area contributed by atoms with Crippen LogP contribution in [0.2, 0.25) is 0 Å². The molecule has 1 N–H and O–H groups in total. The highest BCUT2D eigenvalue weighted by molar-refractivity contribution is 7.86. The van der Waals surface area contributed by atoms with E-state index in [0.717, 1.165) is 25.7 Å². The maximum absolute atomic E-state index is 11.5. The molecular weight excluding hydrogens is 320 g/mol. The summed E-state index contributed by atoms with van der Waals surface area (Å²) < 4.78 is 32.5. The Hall–Kier alpha value is -0.0900. The highest BCUT2D eigenvalue weighted by atomic mass is 32.2. The standard InChI is InChI=1S/C20H42O3S/c1-3-5-7-9-11-12-13-15-17-19-20(24(21,22)23)18-16-14-10-8-6-4-2/h20H,3-19H2,1-2H3,(H,21,22,23). The van der Waals surface area contributed by atoms with E-state index in [4.69, 9.17) is 0 Å². The molecule has 0 aromatic rings. The van der Waals surface area contributed by atoms with Crippen molar-refractivity contribution in [2.45, 2.75) is 128 Å². The molecule has 3 nitrogen and oxygen atoms in total. The second-order valence-corrected chi connectivity index (χ2v) is 9.01. The molecule has 0 radical (unpaired) electrons. The van der Waals surface area contributed by atoms with E-state index in [2.05, 4.69) is 13.8 Å². The van der Waals surface area contributed by atoms with Crippen LogP contribution in [0.25, 0.3) is 0 Å². The van der Waals surface area contributed by atoms with Gasteiger partial charge in [0.1, 0.15) is 0 Å². The van der Waals surface area contributed by atoms with E-state index >= 15 is 0 Å². The van der Waals surface area contributed by atoms with Gasteiger partial charge >= 0.3 is 0 Å². The summed E-state index contributed by atoms with van der Waals surface area (Å²) in [7, 11) is -3.87. The van der Waals surface area contributed by atoms with Crippen molar-refractivity contribution in [2.24, 2.45) is 0 Å². The van der Waals surface area contributed by atoms with Crippen LogP contribution in [0.1, 0.15) is 123 Å². The van der Waals surface area contributed by atoms with Gasteiger partial charge in [0, 0.05) is 0 Å². The SMILES string of the molecule is CCCCCCCCCCCC(CCCCCCCC)S(=O)(=O)O. The fraction of sp³-hybridized carbons (Fsp3) is 1.00. The van der Waals surface area contributed by atoms with E-state index in [1.807, 2.05) is 0 Å². The Kier molecular flexibility index (Phi) is 16.3. The Bertz CT molecular complexity index is 352. The van der Waals surface area contributed by atoms with E-state index in [-0.39, 0.29) is 0 Å². The number of hydrogen-bond donors (Lipinski definition) is 1. The van der Waals surface area contributed by atoms with Gasteiger partial charge in [0.15, 0.2) is 0 Å². The van der Waals surface area contributed by atoms with Crippen molar-refractivity contribution >= 4 is 10.1 Å². The van der Waals surface area contributed by atoms with Gasteiger partial charge in [-0.15, -0.1) is 0 Å². The molecule has 0 saturated carbocycles. The Morgan fingerprint density at radius 1 is 0.583 bits per heavy atom. The van der Waals surface area contributed by atoms with Crippen LogP contribution in [0.3, 0.4) is 0 Å². The summed E-state index contributed by atoms with van der Waals surface area (Å²) in [6, 6.07) is 0. The molecule has 0 aromatic carbocycles. The molecule has 4 heteroatoms. The van der Waals surface area contributed by atoms with Crippen molar-refractivity contribution in [1.82, 2.24) is 0 Å². The highest BCUT2D eigenvalue weighted by Gasteiger charge is 2.21. The molecule has 0 aliphatic carbocycles. The first-order chi connectivity index (χ1) is 11.5. The van der Waals surface area contributed by atoms with Crippen LogP contribution >= 0.6 is 0 Å². The Morgan fingerprint density at radius 3 is 1.17 bits per heavy atom. The third-order valence-corrected chi connectivity index (χ3v) is 6.24. The van der Waals surface area contributed by atoms with E-state index in [1.54, 1.807) is 0 Å². The van der Waals surface area contributed by atoms with Crippen molar-refractivity contribution in [3.8, 4) is 0 Å². The largest absolute Gasteiger partial charge is 0.285 e. The van der Waals surface area contributed by atoms with Crippen molar-refractivity contribution in [1.29, 1.82) is 0 Å². The second kappa shape index (κ2) is 16.4. The lowest BCUT2D eigenvalue weighted by molar-refractivity contribution is 0.442. The first-order valence-corrected chi connectivity index (χ1v) is 12.0. The summed E-state index contributed by atoms with van der Waals surface area (Å²) in [4.78, 5) is 0. The molecule has 0 bridgehead atoms. The Morgan fingerprint density at radius 2 is 0.875 bits per heavy atom. The highest BCUT2D eigenvalue weighted by Crippen LogP contribution is 2.19. The summed E-state index contributed by atoms with van der Waals surface area (Å²) in [6.45, 7) is 4.43. The van der Waals surface area contributed by atoms with E-state index < -0.39 is 15.4 Å². The molecule has 24 heavy (non-hydrogen) atoms. The maximum Gasteiger partial charge on any atom is 0.267 e. The molecule has 0 aliphatic heterocycles. The molecule has 1 atom stereocenters. The molecule has 0 aliphatic rings. The van der Waals surface area contributed by atoms with Crippen LogP contribution in [0.4, 0.5) is 0 Å². The van der Waals surface area contributed by atoms with Crippen LogP contribution in [0, 0.1) is 0 Å². The molecule has 0 spiro atoms. The molecule has 0 rings (SSSR count). The van der Waals surface area contributed by atoms with Crippen molar-refractivity contribution in [3.05, 3.63) is 0 Å². The van der Waals surface area contributed by atoms with Crippen molar-refractivity contribution in [3.63, 3.8) is 0 Å². The van der Waals surface area contributed by atoms with Gasteiger partial charge in [-0.05, 0) is 12.8 Å². The van der Waals surface area contributed by atoms with Gasteiger partial charge in [0.05, 0.1) is 5.25 Å². The summed E-state index contributed by atoms with van der Waals surface area (Å²) in [5, 5.41) is -0.534. The minimum atomic E-state index is -3.87. The number of unbranched alkanes of at least 4 members (excludes halogenated alkanes) is 13. The summed E-state index contributed by atoms with van der Waals surface area (Å²) in [5.74, 6) is 0. The lowest BCUT2D eigenvalue weighted by Crippen LogP contribution is -2.20. The number of hydrogen-bond acceptors (Lipinski definition) is 2. The second-order valence-electron chi connectivity index (χ2n) is 7.31. The molecule has 0 fully saturated rings. The lowest BCUT2D eigenvalue weighted by atomic mass is 10.0. The molecule has 0 saturated heterocycles. The number of rotatable bonds is 18. The summed E-state index contributed by atoms with van der Waals surface area (Å²) in [5.41, 5.74) is 0. The molecule has 1 unspecified atom stereocenters. The first kappa shape index (κ1) is 23.9.